The average Bonchev–Trinajstić information content (AvgIpc) is 2.28. The minimum absolute atomic E-state index is 0.201. The molecule has 1 aliphatic heterocycles. The van der Waals surface area contributed by atoms with Gasteiger partial charge in [0.1, 0.15) is 5.69 Å². The van der Waals surface area contributed by atoms with Gasteiger partial charge in [0.05, 0.1) is 13.2 Å². The van der Waals surface area contributed by atoms with Crippen LogP contribution >= 0.6 is 0 Å². The Bertz CT molecular complexity index is 459. The third kappa shape index (κ3) is 3.05. The highest BCUT2D eigenvalue weighted by atomic mass is 16.5. The molecule has 7 nitrogen and oxygen atoms in total. The molecule has 1 saturated heterocycles. The maximum atomic E-state index is 11.9. The number of hydrogen-bond acceptors (Lipinski definition) is 6. The summed E-state index contributed by atoms with van der Waals surface area (Å²) >= 11 is 0. The molecule has 0 atom stereocenters. The number of hydrogen-bond donors (Lipinski definition) is 2. The van der Waals surface area contributed by atoms with Gasteiger partial charge in [0.25, 0.3) is 5.56 Å². The van der Waals surface area contributed by atoms with E-state index in [1.807, 2.05) is 25.8 Å². The number of nitrogens with one attached hydrogen (secondary N) is 2. The lowest BCUT2D eigenvalue weighted by atomic mass is 9.93. The normalized spacial score (nSPS) is 17.7. The van der Waals surface area contributed by atoms with Crippen LogP contribution < -0.4 is 11.0 Å². The van der Waals surface area contributed by atoms with E-state index in [0.717, 1.165) is 13.1 Å². The molecule has 0 unspecified atom stereocenters. The molecule has 0 aliphatic carbocycles. The molecule has 0 radical (unpaired) electrons. The van der Waals surface area contributed by atoms with Gasteiger partial charge in [-0.1, -0.05) is 20.8 Å². The summed E-state index contributed by atoms with van der Waals surface area (Å²) in [6.45, 7) is 8.65. The summed E-state index contributed by atoms with van der Waals surface area (Å²) in [5, 5.41) is 9.95. The van der Waals surface area contributed by atoms with Gasteiger partial charge in [-0.25, -0.2) is 5.01 Å². The molecule has 0 spiro atoms. The molecule has 2 N–H and O–H groups in total. The smallest absolute Gasteiger partial charge is 0.274 e. The van der Waals surface area contributed by atoms with Crippen molar-refractivity contribution in [1.29, 1.82) is 0 Å². The van der Waals surface area contributed by atoms with Crippen molar-refractivity contribution in [3.63, 3.8) is 0 Å². The number of rotatable bonds is 2. The lowest BCUT2D eigenvalue weighted by Gasteiger charge is -2.27. The van der Waals surface area contributed by atoms with Gasteiger partial charge in [-0.3, -0.25) is 15.2 Å². The first-order chi connectivity index (χ1) is 8.47. The SMILES string of the molecule is CC(C)(C)c1nnc(NN2CCOCC2)[nH]c1=O. The number of H-pyrrole nitrogens is 1. The molecule has 1 aliphatic rings. The van der Waals surface area contributed by atoms with Crippen LogP contribution in [0.4, 0.5) is 5.95 Å². The summed E-state index contributed by atoms with van der Waals surface area (Å²) in [6, 6.07) is 0. The summed E-state index contributed by atoms with van der Waals surface area (Å²) < 4.78 is 5.24. The average molecular weight is 253 g/mol. The predicted molar refractivity (Wildman–Crippen MR) is 67.4 cm³/mol. The number of ether oxygens (including phenoxy) is 1. The van der Waals surface area contributed by atoms with Gasteiger partial charge in [-0.2, -0.15) is 0 Å². The Morgan fingerprint density at radius 3 is 2.50 bits per heavy atom. The van der Waals surface area contributed by atoms with Crippen LogP contribution in [0.5, 0.6) is 0 Å². The highest BCUT2D eigenvalue weighted by molar-refractivity contribution is 5.21. The van der Waals surface area contributed by atoms with E-state index in [9.17, 15) is 4.79 Å². The summed E-state index contributed by atoms with van der Waals surface area (Å²) in [5.74, 6) is 0.370. The predicted octanol–water partition coefficient (Wildman–Crippen LogP) is 0.121. The third-order valence-electron chi connectivity index (χ3n) is 2.68. The second-order valence-electron chi connectivity index (χ2n) is 5.31. The second-order valence-corrected chi connectivity index (χ2v) is 5.31. The van der Waals surface area contributed by atoms with E-state index in [-0.39, 0.29) is 11.0 Å². The highest BCUT2D eigenvalue weighted by Gasteiger charge is 2.21. The van der Waals surface area contributed by atoms with Gasteiger partial charge in [-0.05, 0) is 0 Å². The van der Waals surface area contributed by atoms with E-state index in [1.165, 1.54) is 0 Å². The van der Waals surface area contributed by atoms with Crippen LogP contribution in [0.1, 0.15) is 26.5 Å². The van der Waals surface area contributed by atoms with E-state index in [2.05, 4.69) is 20.6 Å². The fourth-order valence-corrected chi connectivity index (χ4v) is 1.70. The number of hydrazine groups is 1. The van der Waals surface area contributed by atoms with Crippen molar-refractivity contribution in [3.05, 3.63) is 16.0 Å². The number of morpholine rings is 1. The van der Waals surface area contributed by atoms with E-state index >= 15 is 0 Å². The van der Waals surface area contributed by atoms with Crippen LogP contribution in [-0.4, -0.2) is 46.5 Å². The zero-order valence-electron chi connectivity index (χ0n) is 11.0. The fourth-order valence-electron chi connectivity index (χ4n) is 1.70. The maximum Gasteiger partial charge on any atom is 0.274 e. The Morgan fingerprint density at radius 2 is 1.94 bits per heavy atom. The van der Waals surface area contributed by atoms with Gasteiger partial charge in [0, 0.05) is 18.5 Å². The first-order valence-corrected chi connectivity index (χ1v) is 6.03. The van der Waals surface area contributed by atoms with Crippen molar-refractivity contribution in [2.24, 2.45) is 0 Å². The lowest BCUT2D eigenvalue weighted by molar-refractivity contribution is 0.0492. The monoisotopic (exact) mass is 253 g/mol. The molecule has 0 amide bonds. The third-order valence-corrected chi connectivity index (χ3v) is 2.68. The second kappa shape index (κ2) is 5.03. The molecule has 2 heterocycles. The lowest BCUT2D eigenvalue weighted by Crippen LogP contribution is -2.41. The Hall–Kier alpha value is -1.47. The summed E-state index contributed by atoms with van der Waals surface area (Å²) in [4.78, 5) is 14.6. The summed E-state index contributed by atoms with van der Waals surface area (Å²) in [7, 11) is 0. The van der Waals surface area contributed by atoms with Gasteiger partial charge >= 0.3 is 0 Å². The minimum Gasteiger partial charge on any atom is -0.379 e. The van der Waals surface area contributed by atoms with E-state index in [4.69, 9.17) is 4.74 Å². The van der Waals surface area contributed by atoms with Crippen molar-refractivity contribution in [1.82, 2.24) is 20.2 Å². The first kappa shape index (κ1) is 13.0. The molecule has 1 aromatic rings. The van der Waals surface area contributed by atoms with E-state index in [0.29, 0.717) is 24.9 Å². The van der Waals surface area contributed by atoms with E-state index in [1.54, 1.807) is 0 Å². The Morgan fingerprint density at radius 1 is 1.28 bits per heavy atom. The molecule has 2 rings (SSSR count). The van der Waals surface area contributed by atoms with Crippen LogP contribution in [-0.2, 0) is 10.2 Å². The molecular weight excluding hydrogens is 234 g/mol. The van der Waals surface area contributed by atoms with Crippen molar-refractivity contribution < 1.29 is 4.74 Å². The zero-order valence-corrected chi connectivity index (χ0v) is 11.0. The summed E-state index contributed by atoms with van der Waals surface area (Å²) in [5.41, 5.74) is 2.96. The molecular formula is C11H19N5O2. The molecule has 18 heavy (non-hydrogen) atoms. The minimum atomic E-state index is -0.307. The highest BCUT2D eigenvalue weighted by Crippen LogP contribution is 2.15. The molecule has 0 bridgehead atoms. The van der Waals surface area contributed by atoms with Gasteiger partial charge in [-0.15, -0.1) is 10.2 Å². The largest absolute Gasteiger partial charge is 0.379 e. The Balaban J connectivity index is 2.11. The van der Waals surface area contributed by atoms with Gasteiger partial charge in [0.2, 0.25) is 5.95 Å². The van der Waals surface area contributed by atoms with Crippen LogP contribution in [0.25, 0.3) is 0 Å². The molecule has 7 heteroatoms. The number of aromatic amines is 1. The number of aromatic nitrogens is 3. The number of anilines is 1. The van der Waals surface area contributed by atoms with Crippen LogP contribution in [0.2, 0.25) is 0 Å². The van der Waals surface area contributed by atoms with Gasteiger partial charge in [0.15, 0.2) is 0 Å². The van der Waals surface area contributed by atoms with Crippen molar-refractivity contribution in [2.75, 3.05) is 31.7 Å². The van der Waals surface area contributed by atoms with Gasteiger partial charge < -0.3 is 4.74 Å². The van der Waals surface area contributed by atoms with Crippen LogP contribution in [0, 0.1) is 0 Å². The molecule has 100 valence electrons. The summed E-state index contributed by atoms with van der Waals surface area (Å²) in [6.07, 6.45) is 0. The Labute approximate surface area is 106 Å². The van der Waals surface area contributed by atoms with E-state index < -0.39 is 0 Å². The van der Waals surface area contributed by atoms with Crippen molar-refractivity contribution >= 4 is 5.95 Å². The van der Waals surface area contributed by atoms with Crippen LogP contribution in [0.15, 0.2) is 4.79 Å². The maximum absolute atomic E-state index is 11.9. The topological polar surface area (TPSA) is 83.1 Å². The number of nitrogens with zero attached hydrogens (tertiary/aromatic N) is 3. The Kier molecular flexibility index (Phi) is 3.63. The first-order valence-electron chi connectivity index (χ1n) is 6.03. The molecule has 1 fully saturated rings. The molecule has 0 aromatic carbocycles. The molecule has 1 aromatic heterocycles. The zero-order chi connectivity index (χ0) is 13.2. The molecule has 0 saturated carbocycles. The van der Waals surface area contributed by atoms with Crippen molar-refractivity contribution in [3.8, 4) is 0 Å². The van der Waals surface area contributed by atoms with Crippen molar-refractivity contribution in [2.45, 2.75) is 26.2 Å². The quantitative estimate of drug-likeness (QED) is 0.779. The van der Waals surface area contributed by atoms with Crippen LogP contribution in [0.3, 0.4) is 0 Å². The standard InChI is InChI=1S/C11H19N5O2/c1-11(2,3)8-9(17)12-10(14-13-8)15-16-4-6-18-7-5-16/h4-7H2,1-3H3,(H2,12,14,15,17). The fraction of sp³-hybridized carbons (Fsp3) is 0.727.